The number of hydrogen-bond acceptors (Lipinski definition) is 5. The highest BCUT2D eigenvalue weighted by Crippen LogP contribution is 2.27. The Bertz CT molecular complexity index is 800. The summed E-state index contributed by atoms with van der Waals surface area (Å²) in [6.45, 7) is 1.49. The van der Waals surface area contributed by atoms with E-state index < -0.39 is 14.9 Å². The van der Waals surface area contributed by atoms with Crippen LogP contribution >= 0.6 is 0 Å². The van der Waals surface area contributed by atoms with Gasteiger partial charge in [0, 0.05) is 6.07 Å². The van der Waals surface area contributed by atoms with Crippen molar-refractivity contribution < 1.29 is 18.1 Å². The van der Waals surface area contributed by atoms with E-state index in [1.807, 2.05) is 0 Å². The molecule has 2 aromatic rings. The van der Waals surface area contributed by atoms with Gasteiger partial charge in [-0.1, -0.05) is 6.07 Å². The Kier molecular flexibility index (Phi) is 4.32. The highest BCUT2D eigenvalue weighted by atomic mass is 32.2. The van der Waals surface area contributed by atoms with E-state index in [0.717, 1.165) is 0 Å². The topological polar surface area (TPSA) is 98.5 Å². The Hall–Kier alpha value is -2.61. The van der Waals surface area contributed by atoms with Crippen LogP contribution in [0.15, 0.2) is 47.4 Å². The molecular weight excluding hydrogens is 308 g/mol. The standard InChI is InChI=1S/C14H14N2O5S/c1-10-13(4-3-5-14(10)16(17)18)15-22(19,20)12-8-6-11(21-2)7-9-12/h3-9,15H,1-2H3. The van der Waals surface area contributed by atoms with Gasteiger partial charge < -0.3 is 4.74 Å². The second-order valence-electron chi connectivity index (χ2n) is 4.49. The van der Waals surface area contributed by atoms with Crippen LogP contribution in [0.4, 0.5) is 11.4 Å². The minimum Gasteiger partial charge on any atom is -0.497 e. The quantitative estimate of drug-likeness (QED) is 0.674. The lowest BCUT2D eigenvalue weighted by molar-refractivity contribution is -0.385. The van der Waals surface area contributed by atoms with Crippen LogP contribution in [0.5, 0.6) is 5.75 Å². The normalized spacial score (nSPS) is 11.0. The predicted molar refractivity (Wildman–Crippen MR) is 81.6 cm³/mol. The summed E-state index contributed by atoms with van der Waals surface area (Å²) in [5, 5.41) is 10.9. The fourth-order valence-electron chi connectivity index (χ4n) is 1.89. The molecule has 2 rings (SSSR count). The van der Waals surface area contributed by atoms with Gasteiger partial charge in [0.25, 0.3) is 15.7 Å². The van der Waals surface area contributed by atoms with Crippen LogP contribution in [0.1, 0.15) is 5.56 Å². The first-order chi connectivity index (χ1) is 10.3. The summed E-state index contributed by atoms with van der Waals surface area (Å²) in [5.74, 6) is 0.533. The number of nitro groups is 1. The van der Waals surface area contributed by atoms with Crippen LogP contribution < -0.4 is 9.46 Å². The van der Waals surface area contributed by atoms with Crippen molar-refractivity contribution in [3.8, 4) is 5.75 Å². The molecule has 0 unspecified atom stereocenters. The van der Waals surface area contributed by atoms with E-state index in [1.165, 1.54) is 56.5 Å². The molecule has 0 atom stereocenters. The fraction of sp³-hybridized carbons (Fsp3) is 0.143. The van der Waals surface area contributed by atoms with Crippen molar-refractivity contribution in [3.05, 3.63) is 58.1 Å². The summed E-state index contributed by atoms with van der Waals surface area (Å²) in [4.78, 5) is 10.4. The highest BCUT2D eigenvalue weighted by molar-refractivity contribution is 7.92. The molecule has 116 valence electrons. The molecule has 2 aromatic carbocycles. The smallest absolute Gasteiger partial charge is 0.274 e. The third-order valence-corrected chi connectivity index (χ3v) is 4.50. The van der Waals surface area contributed by atoms with Crippen LogP contribution in [-0.2, 0) is 10.0 Å². The summed E-state index contributed by atoms with van der Waals surface area (Å²) in [7, 11) is -2.35. The summed E-state index contributed by atoms with van der Waals surface area (Å²) in [6.07, 6.45) is 0. The van der Waals surface area contributed by atoms with Crippen LogP contribution in [0.2, 0.25) is 0 Å². The van der Waals surface area contributed by atoms with Crippen molar-refractivity contribution in [2.75, 3.05) is 11.8 Å². The lowest BCUT2D eigenvalue weighted by atomic mass is 10.2. The van der Waals surface area contributed by atoms with Crippen molar-refractivity contribution in [2.24, 2.45) is 0 Å². The predicted octanol–water partition coefficient (Wildman–Crippen LogP) is 2.71. The van der Waals surface area contributed by atoms with Crippen molar-refractivity contribution in [1.82, 2.24) is 0 Å². The van der Waals surface area contributed by atoms with Gasteiger partial charge in [0.05, 0.1) is 28.2 Å². The molecule has 0 saturated carbocycles. The van der Waals surface area contributed by atoms with Gasteiger partial charge in [-0.2, -0.15) is 0 Å². The van der Waals surface area contributed by atoms with E-state index in [9.17, 15) is 18.5 Å². The second-order valence-corrected chi connectivity index (χ2v) is 6.17. The molecule has 0 aromatic heterocycles. The third kappa shape index (κ3) is 3.17. The maximum atomic E-state index is 12.3. The van der Waals surface area contributed by atoms with Crippen LogP contribution in [-0.4, -0.2) is 20.5 Å². The molecule has 0 spiro atoms. The van der Waals surface area contributed by atoms with E-state index in [-0.39, 0.29) is 21.8 Å². The molecule has 0 aliphatic heterocycles. The molecule has 22 heavy (non-hydrogen) atoms. The lowest BCUT2D eigenvalue weighted by Crippen LogP contribution is -2.14. The molecule has 0 heterocycles. The number of methoxy groups -OCH3 is 1. The number of anilines is 1. The van der Waals surface area contributed by atoms with Crippen LogP contribution in [0, 0.1) is 17.0 Å². The van der Waals surface area contributed by atoms with Gasteiger partial charge in [0.1, 0.15) is 5.75 Å². The number of nitro benzene ring substituents is 1. The van der Waals surface area contributed by atoms with E-state index in [0.29, 0.717) is 5.75 Å². The van der Waals surface area contributed by atoms with Crippen LogP contribution in [0.25, 0.3) is 0 Å². The first-order valence-corrected chi connectivity index (χ1v) is 7.74. The number of sulfonamides is 1. The van der Waals surface area contributed by atoms with E-state index in [2.05, 4.69) is 4.72 Å². The molecule has 0 bridgehead atoms. The number of nitrogens with zero attached hydrogens (tertiary/aromatic N) is 1. The number of rotatable bonds is 5. The molecule has 0 saturated heterocycles. The molecular formula is C14H14N2O5S. The maximum Gasteiger partial charge on any atom is 0.274 e. The fourth-order valence-corrected chi connectivity index (χ4v) is 3.01. The first kappa shape index (κ1) is 15.8. The molecule has 0 fully saturated rings. The summed E-state index contributed by atoms with van der Waals surface area (Å²) in [5.41, 5.74) is 0.282. The van der Waals surface area contributed by atoms with Gasteiger partial charge in [0.2, 0.25) is 0 Å². The van der Waals surface area contributed by atoms with Gasteiger partial charge >= 0.3 is 0 Å². The number of hydrogen-bond donors (Lipinski definition) is 1. The summed E-state index contributed by atoms with van der Waals surface area (Å²) in [6, 6.07) is 10.1. The molecule has 8 heteroatoms. The summed E-state index contributed by atoms with van der Waals surface area (Å²) < 4.78 is 32.0. The molecule has 7 nitrogen and oxygen atoms in total. The second kappa shape index (κ2) is 6.02. The van der Waals surface area contributed by atoms with Gasteiger partial charge in [-0.3, -0.25) is 14.8 Å². The first-order valence-electron chi connectivity index (χ1n) is 6.26. The third-order valence-electron chi connectivity index (χ3n) is 3.12. The van der Waals surface area contributed by atoms with Gasteiger partial charge in [0.15, 0.2) is 0 Å². The van der Waals surface area contributed by atoms with E-state index in [4.69, 9.17) is 4.74 Å². The largest absolute Gasteiger partial charge is 0.497 e. The SMILES string of the molecule is COc1ccc(S(=O)(=O)Nc2cccc([N+](=O)[O-])c2C)cc1. The minimum atomic E-state index is -3.83. The molecule has 0 amide bonds. The van der Waals surface area contributed by atoms with E-state index >= 15 is 0 Å². The average Bonchev–Trinajstić information content (AvgIpc) is 2.49. The van der Waals surface area contributed by atoms with Crippen molar-refractivity contribution in [3.63, 3.8) is 0 Å². The van der Waals surface area contributed by atoms with Crippen molar-refractivity contribution >= 4 is 21.4 Å². The van der Waals surface area contributed by atoms with Gasteiger partial charge in [-0.15, -0.1) is 0 Å². The zero-order valence-electron chi connectivity index (χ0n) is 11.9. The van der Waals surface area contributed by atoms with Crippen molar-refractivity contribution in [1.29, 1.82) is 0 Å². The van der Waals surface area contributed by atoms with E-state index in [1.54, 1.807) is 0 Å². The van der Waals surface area contributed by atoms with Crippen molar-refractivity contribution in [2.45, 2.75) is 11.8 Å². The van der Waals surface area contributed by atoms with Crippen LogP contribution in [0.3, 0.4) is 0 Å². The average molecular weight is 322 g/mol. The zero-order valence-corrected chi connectivity index (χ0v) is 12.8. The number of nitrogens with one attached hydrogen (secondary N) is 1. The Morgan fingerprint density at radius 3 is 2.32 bits per heavy atom. The Morgan fingerprint density at radius 1 is 1.14 bits per heavy atom. The van der Waals surface area contributed by atoms with Gasteiger partial charge in [-0.25, -0.2) is 8.42 Å². The molecule has 1 N–H and O–H groups in total. The zero-order chi connectivity index (χ0) is 16.3. The Morgan fingerprint density at radius 2 is 1.77 bits per heavy atom. The minimum absolute atomic E-state index is 0.0409. The van der Waals surface area contributed by atoms with Gasteiger partial charge in [-0.05, 0) is 37.3 Å². The number of benzene rings is 2. The highest BCUT2D eigenvalue weighted by Gasteiger charge is 2.19. The maximum absolute atomic E-state index is 12.3. The lowest BCUT2D eigenvalue weighted by Gasteiger charge is -2.11. The molecule has 0 aliphatic rings. The Labute approximate surface area is 127 Å². The monoisotopic (exact) mass is 322 g/mol. The molecule has 0 radical (unpaired) electrons. The molecule has 0 aliphatic carbocycles. The number of ether oxygens (including phenoxy) is 1. The Balaban J connectivity index is 2.36. The summed E-state index contributed by atoms with van der Waals surface area (Å²) >= 11 is 0.